The summed E-state index contributed by atoms with van der Waals surface area (Å²) in [5.41, 5.74) is 1.38. The number of benzene rings is 3. The van der Waals surface area contributed by atoms with Gasteiger partial charge in [-0.05, 0) is 63.1 Å². The smallest absolute Gasteiger partial charge is 0.244 e. The van der Waals surface area contributed by atoms with E-state index in [1.54, 1.807) is 18.2 Å². The second kappa shape index (κ2) is 13.8. The van der Waals surface area contributed by atoms with Crippen LogP contribution in [0.3, 0.4) is 0 Å². The molecule has 2 amide bonds. The molecule has 1 atom stereocenters. The summed E-state index contributed by atoms with van der Waals surface area (Å²) in [6, 6.07) is 20.8. The Kier molecular flexibility index (Phi) is 10.4. The van der Waals surface area contributed by atoms with E-state index in [-0.39, 0.29) is 30.3 Å². The molecule has 1 N–H and O–H groups in total. The molecule has 1 heterocycles. The molecule has 230 valence electrons. The van der Waals surface area contributed by atoms with E-state index >= 15 is 0 Å². The van der Waals surface area contributed by atoms with Crippen LogP contribution in [0.25, 0.3) is 0 Å². The van der Waals surface area contributed by atoms with Gasteiger partial charge in [0.2, 0.25) is 21.8 Å². The van der Waals surface area contributed by atoms with Crippen molar-refractivity contribution in [1.29, 1.82) is 0 Å². The molecule has 3 aromatic carbocycles. The number of anilines is 1. The van der Waals surface area contributed by atoms with E-state index in [2.05, 4.69) is 21.2 Å². The van der Waals surface area contributed by atoms with Crippen molar-refractivity contribution in [2.45, 2.75) is 52.2 Å². The first kappa shape index (κ1) is 32.3. The third-order valence-electron chi connectivity index (χ3n) is 6.80. The third-order valence-corrected chi connectivity index (χ3v) is 9.04. The molecule has 0 saturated heterocycles. The highest BCUT2D eigenvalue weighted by molar-refractivity contribution is 9.10. The van der Waals surface area contributed by atoms with E-state index in [1.807, 2.05) is 75.4 Å². The Morgan fingerprint density at radius 1 is 0.930 bits per heavy atom. The molecule has 43 heavy (non-hydrogen) atoms. The van der Waals surface area contributed by atoms with E-state index < -0.39 is 34.1 Å². The number of halogens is 1. The molecule has 1 unspecified atom stereocenters. The summed E-state index contributed by atoms with van der Waals surface area (Å²) < 4.78 is 40.0. The highest BCUT2D eigenvalue weighted by atomic mass is 79.9. The fraction of sp³-hybridized carbons (Fsp3) is 0.375. The van der Waals surface area contributed by atoms with Gasteiger partial charge in [0, 0.05) is 29.0 Å². The minimum Gasteiger partial charge on any atom is -0.486 e. The molecule has 0 aliphatic carbocycles. The Balaban J connectivity index is 1.76. The maximum absolute atomic E-state index is 14.3. The van der Waals surface area contributed by atoms with Crippen molar-refractivity contribution in [2.24, 2.45) is 0 Å². The van der Waals surface area contributed by atoms with Gasteiger partial charge >= 0.3 is 0 Å². The van der Waals surface area contributed by atoms with Gasteiger partial charge in [-0.1, -0.05) is 58.4 Å². The number of nitrogens with zero attached hydrogens (tertiary/aromatic N) is 2. The van der Waals surface area contributed by atoms with E-state index in [1.165, 1.54) is 11.8 Å². The van der Waals surface area contributed by atoms with Crippen LogP contribution in [-0.4, -0.2) is 62.2 Å². The zero-order valence-corrected chi connectivity index (χ0v) is 27.3. The molecule has 0 spiro atoms. The van der Waals surface area contributed by atoms with Crippen LogP contribution < -0.4 is 19.1 Å². The van der Waals surface area contributed by atoms with Gasteiger partial charge in [0.25, 0.3) is 0 Å². The molecule has 4 rings (SSSR count). The standard InChI is InChI=1S/C32H38BrN3O6S/c1-5-43(39,40)36(26-14-15-28-29(20-26)42-17-16-41-28)22-30(37)35(21-24-12-9-13-25(33)18-24)27(31(38)34-32(2,3)4)19-23-10-7-6-8-11-23/h6-15,18,20,27H,5,16-17,19,21-22H2,1-4H3,(H,34,38). The first-order valence-electron chi connectivity index (χ1n) is 14.2. The fourth-order valence-corrected chi connectivity index (χ4v) is 6.25. The average Bonchev–Trinajstić information content (AvgIpc) is 2.97. The van der Waals surface area contributed by atoms with Crippen LogP contribution in [0, 0.1) is 0 Å². The van der Waals surface area contributed by atoms with Gasteiger partial charge in [-0.25, -0.2) is 8.42 Å². The lowest BCUT2D eigenvalue weighted by molar-refractivity contribution is -0.140. The Hall–Kier alpha value is -3.57. The third kappa shape index (κ3) is 8.73. The van der Waals surface area contributed by atoms with E-state index in [4.69, 9.17) is 9.47 Å². The summed E-state index contributed by atoms with van der Waals surface area (Å²) in [4.78, 5) is 29.7. The lowest BCUT2D eigenvalue weighted by atomic mass is 10.0. The number of nitrogens with one attached hydrogen (secondary N) is 1. The van der Waals surface area contributed by atoms with Crippen LogP contribution in [-0.2, 0) is 32.6 Å². The van der Waals surface area contributed by atoms with Crippen molar-refractivity contribution in [3.63, 3.8) is 0 Å². The van der Waals surface area contributed by atoms with Crippen LogP contribution in [0.2, 0.25) is 0 Å². The lowest BCUT2D eigenvalue weighted by Crippen LogP contribution is -2.56. The van der Waals surface area contributed by atoms with Crippen LogP contribution in [0.4, 0.5) is 5.69 Å². The Morgan fingerprint density at radius 2 is 1.60 bits per heavy atom. The van der Waals surface area contributed by atoms with Crippen molar-refractivity contribution in [2.75, 3.05) is 29.8 Å². The lowest BCUT2D eigenvalue weighted by Gasteiger charge is -2.35. The maximum Gasteiger partial charge on any atom is 0.244 e. The normalized spacial score (nSPS) is 13.6. The first-order chi connectivity index (χ1) is 20.4. The quantitative estimate of drug-likeness (QED) is 0.310. The predicted octanol–water partition coefficient (Wildman–Crippen LogP) is 4.93. The van der Waals surface area contributed by atoms with Crippen molar-refractivity contribution in [1.82, 2.24) is 10.2 Å². The fourth-order valence-electron chi connectivity index (χ4n) is 4.75. The van der Waals surface area contributed by atoms with Crippen LogP contribution in [0.5, 0.6) is 11.5 Å². The number of hydrogen-bond donors (Lipinski definition) is 1. The van der Waals surface area contributed by atoms with Gasteiger partial charge < -0.3 is 19.7 Å². The molecule has 0 radical (unpaired) electrons. The van der Waals surface area contributed by atoms with E-state index in [0.29, 0.717) is 24.7 Å². The number of ether oxygens (including phenoxy) is 2. The Bertz CT molecular complexity index is 1540. The molecule has 0 bridgehead atoms. The second-order valence-electron chi connectivity index (χ2n) is 11.3. The van der Waals surface area contributed by atoms with Gasteiger partial charge in [0.1, 0.15) is 25.8 Å². The number of rotatable bonds is 11. The molecule has 11 heteroatoms. The molecule has 1 aliphatic heterocycles. The molecular formula is C32H38BrN3O6S. The van der Waals surface area contributed by atoms with Crippen molar-refractivity contribution < 1.29 is 27.5 Å². The summed E-state index contributed by atoms with van der Waals surface area (Å²) >= 11 is 3.49. The number of hydrogen-bond acceptors (Lipinski definition) is 6. The molecular weight excluding hydrogens is 634 g/mol. The van der Waals surface area contributed by atoms with Crippen molar-refractivity contribution in [3.05, 3.63) is 88.4 Å². The largest absolute Gasteiger partial charge is 0.486 e. The maximum atomic E-state index is 14.3. The van der Waals surface area contributed by atoms with Gasteiger partial charge in [-0.15, -0.1) is 0 Å². The number of carbonyl (C=O) groups is 2. The van der Waals surface area contributed by atoms with Crippen molar-refractivity contribution in [3.8, 4) is 11.5 Å². The molecule has 0 fully saturated rings. The zero-order valence-electron chi connectivity index (χ0n) is 24.9. The average molecular weight is 673 g/mol. The van der Waals surface area contributed by atoms with E-state index in [9.17, 15) is 18.0 Å². The number of fused-ring (bicyclic) bond motifs is 1. The van der Waals surface area contributed by atoms with Gasteiger partial charge in [-0.2, -0.15) is 0 Å². The molecule has 3 aromatic rings. The van der Waals surface area contributed by atoms with Crippen LogP contribution >= 0.6 is 15.9 Å². The predicted molar refractivity (Wildman–Crippen MR) is 171 cm³/mol. The highest BCUT2D eigenvalue weighted by Gasteiger charge is 2.35. The number of sulfonamides is 1. The number of carbonyl (C=O) groups excluding carboxylic acids is 2. The van der Waals surface area contributed by atoms with E-state index in [0.717, 1.165) is 19.9 Å². The second-order valence-corrected chi connectivity index (χ2v) is 14.4. The molecule has 0 saturated carbocycles. The minimum absolute atomic E-state index is 0.0918. The Morgan fingerprint density at radius 3 is 2.26 bits per heavy atom. The SMILES string of the molecule is CCS(=O)(=O)N(CC(=O)N(Cc1cccc(Br)c1)C(Cc1ccccc1)C(=O)NC(C)(C)C)c1ccc2c(c1)OCCO2. The zero-order chi connectivity index (χ0) is 31.2. The van der Waals surface area contributed by atoms with Crippen LogP contribution in [0.1, 0.15) is 38.8 Å². The Labute approximate surface area is 262 Å². The van der Waals surface area contributed by atoms with Gasteiger partial charge in [0.05, 0.1) is 11.4 Å². The van der Waals surface area contributed by atoms with Crippen LogP contribution in [0.15, 0.2) is 77.3 Å². The summed E-state index contributed by atoms with van der Waals surface area (Å²) in [6.45, 7) is 7.48. The summed E-state index contributed by atoms with van der Waals surface area (Å²) in [6.07, 6.45) is 0.243. The summed E-state index contributed by atoms with van der Waals surface area (Å²) in [5, 5.41) is 3.03. The minimum atomic E-state index is -3.90. The monoisotopic (exact) mass is 671 g/mol. The molecule has 0 aromatic heterocycles. The van der Waals surface area contributed by atoms with Crippen molar-refractivity contribution >= 4 is 43.5 Å². The van der Waals surface area contributed by atoms with Gasteiger partial charge in [0.15, 0.2) is 11.5 Å². The summed E-state index contributed by atoms with van der Waals surface area (Å²) in [5.74, 6) is -0.155. The first-order valence-corrected chi connectivity index (χ1v) is 16.6. The molecule has 1 aliphatic rings. The summed E-state index contributed by atoms with van der Waals surface area (Å²) in [7, 11) is -3.90. The van der Waals surface area contributed by atoms with Gasteiger partial charge in [-0.3, -0.25) is 13.9 Å². The topological polar surface area (TPSA) is 105 Å². The number of amides is 2. The highest BCUT2D eigenvalue weighted by Crippen LogP contribution is 2.35. The molecule has 9 nitrogen and oxygen atoms in total.